The summed E-state index contributed by atoms with van der Waals surface area (Å²) >= 11 is 0. The molecule has 2 amide bonds. The fourth-order valence-corrected chi connectivity index (χ4v) is 1.64. The van der Waals surface area contributed by atoms with Crippen LogP contribution < -0.4 is 10.6 Å². The second-order valence-electron chi connectivity index (χ2n) is 4.14. The molecule has 0 fully saturated rings. The number of rotatable bonds is 2. The van der Waals surface area contributed by atoms with Gasteiger partial charge in [-0.15, -0.1) is 0 Å². The third-order valence-electron chi connectivity index (χ3n) is 2.56. The van der Waals surface area contributed by atoms with Gasteiger partial charge in [-0.05, 0) is 30.3 Å². The van der Waals surface area contributed by atoms with E-state index in [1.54, 1.807) is 30.3 Å². The van der Waals surface area contributed by atoms with Crippen LogP contribution in [0.4, 0.5) is 33.7 Å². The maximum atomic E-state index is 13.1. The lowest BCUT2D eigenvalue weighted by Gasteiger charge is -2.11. The molecule has 21 heavy (non-hydrogen) atoms. The van der Waals surface area contributed by atoms with Crippen LogP contribution in [0.2, 0.25) is 0 Å². The van der Waals surface area contributed by atoms with Gasteiger partial charge in [0.2, 0.25) is 0 Å². The van der Waals surface area contributed by atoms with Gasteiger partial charge in [-0.1, -0.05) is 18.2 Å². The van der Waals surface area contributed by atoms with Crippen LogP contribution in [0.1, 0.15) is 5.56 Å². The number of urea groups is 1. The number of carbonyl (C=O) groups is 1. The molecule has 0 radical (unpaired) electrons. The van der Waals surface area contributed by atoms with E-state index < -0.39 is 23.6 Å². The first kappa shape index (κ1) is 14.8. The standard InChI is InChI=1S/C14H10F4N2O/c15-12-7-6-10(8-11(12)14(16,17)18)20-13(21)19-9-4-2-1-3-5-9/h1-8H,(H2,19,20,21). The van der Waals surface area contributed by atoms with Crippen LogP contribution >= 0.6 is 0 Å². The third kappa shape index (κ3) is 3.95. The molecule has 0 bridgehead atoms. The Morgan fingerprint density at radius 3 is 2.14 bits per heavy atom. The number of hydrogen-bond donors (Lipinski definition) is 2. The number of amides is 2. The number of benzene rings is 2. The fourth-order valence-electron chi connectivity index (χ4n) is 1.64. The van der Waals surface area contributed by atoms with Crippen molar-refractivity contribution in [3.8, 4) is 0 Å². The van der Waals surface area contributed by atoms with Gasteiger partial charge in [0.15, 0.2) is 0 Å². The van der Waals surface area contributed by atoms with Gasteiger partial charge < -0.3 is 10.6 Å². The highest BCUT2D eigenvalue weighted by Gasteiger charge is 2.34. The first-order valence-electron chi connectivity index (χ1n) is 5.86. The van der Waals surface area contributed by atoms with Gasteiger partial charge in [0.25, 0.3) is 0 Å². The normalized spacial score (nSPS) is 11.0. The van der Waals surface area contributed by atoms with E-state index >= 15 is 0 Å². The molecule has 2 aromatic carbocycles. The van der Waals surface area contributed by atoms with E-state index in [2.05, 4.69) is 10.6 Å². The van der Waals surface area contributed by atoms with E-state index in [1.165, 1.54) is 0 Å². The molecule has 0 spiro atoms. The van der Waals surface area contributed by atoms with Crippen molar-refractivity contribution < 1.29 is 22.4 Å². The second-order valence-corrected chi connectivity index (χ2v) is 4.14. The van der Waals surface area contributed by atoms with Crippen LogP contribution in [-0.4, -0.2) is 6.03 Å². The summed E-state index contributed by atoms with van der Waals surface area (Å²) in [5.74, 6) is -1.39. The first-order valence-corrected chi connectivity index (χ1v) is 5.86. The summed E-state index contributed by atoms with van der Waals surface area (Å²) in [4.78, 5) is 11.6. The Balaban J connectivity index is 2.11. The van der Waals surface area contributed by atoms with Crippen LogP contribution in [0.3, 0.4) is 0 Å². The Morgan fingerprint density at radius 2 is 1.52 bits per heavy atom. The number of carbonyl (C=O) groups excluding carboxylic acids is 1. The number of anilines is 2. The molecule has 0 saturated heterocycles. The molecule has 0 heterocycles. The van der Waals surface area contributed by atoms with Crippen LogP contribution in [0, 0.1) is 5.82 Å². The minimum absolute atomic E-state index is 0.155. The Bertz CT molecular complexity index is 641. The lowest BCUT2D eigenvalue weighted by atomic mass is 10.2. The van der Waals surface area contributed by atoms with Gasteiger partial charge in [-0.3, -0.25) is 0 Å². The molecule has 2 rings (SSSR count). The van der Waals surface area contributed by atoms with Crippen molar-refractivity contribution in [2.24, 2.45) is 0 Å². The molecule has 7 heteroatoms. The first-order chi connectivity index (χ1) is 9.86. The second kappa shape index (κ2) is 5.82. The average molecular weight is 298 g/mol. The molecule has 0 saturated carbocycles. The Hall–Kier alpha value is -2.57. The quantitative estimate of drug-likeness (QED) is 0.788. The highest BCUT2D eigenvalue weighted by Crippen LogP contribution is 2.32. The van der Waals surface area contributed by atoms with E-state index in [-0.39, 0.29) is 5.69 Å². The highest BCUT2D eigenvalue weighted by atomic mass is 19.4. The minimum Gasteiger partial charge on any atom is -0.308 e. The van der Waals surface area contributed by atoms with Gasteiger partial charge in [0.1, 0.15) is 5.82 Å². The molecule has 2 N–H and O–H groups in total. The number of hydrogen-bond acceptors (Lipinski definition) is 1. The average Bonchev–Trinajstić information content (AvgIpc) is 2.41. The largest absolute Gasteiger partial charge is 0.419 e. The van der Waals surface area contributed by atoms with Crippen LogP contribution in [0.5, 0.6) is 0 Å². The molecule has 0 atom stereocenters. The van der Waals surface area contributed by atoms with E-state index in [9.17, 15) is 22.4 Å². The van der Waals surface area contributed by atoms with Crippen molar-refractivity contribution in [1.82, 2.24) is 0 Å². The van der Waals surface area contributed by atoms with Crippen molar-refractivity contribution in [3.63, 3.8) is 0 Å². The van der Waals surface area contributed by atoms with E-state index in [0.29, 0.717) is 17.8 Å². The van der Waals surface area contributed by atoms with E-state index in [1.807, 2.05) is 0 Å². The molecule has 0 aliphatic rings. The zero-order valence-electron chi connectivity index (χ0n) is 10.5. The summed E-state index contributed by atoms with van der Waals surface area (Å²) in [6.07, 6.45) is -4.82. The topological polar surface area (TPSA) is 41.1 Å². The summed E-state index contributed by atoms with van der Waals surface area (Å²) in [5, 5.41) is 4.65. The summed E-state index contributed by atoms with van der Waals surface area (Å²) in [5.41, 5.74) is -1.11. The Morgan fingerprint density at radius 1 is 0.905 bits per heavy atom. The highest BCUT2D eigenvalue weighted by molar-refractivity contribution is 5.99. The molecular formula is C14H10F4N2O. The minimum atomic E-state index is -4.82. The molecule has 0 unspecified atom stereocenters. The Labute approximate surface area is 117 Å². The number of para-hydroxylation sites is 1. The summed E-state index contributed by atoms with van der Waals surface area (Å²) in [7, 11) is 0. The van der Waals surface area contributed by atoms with Gasteiger partial charge in [0, 0.05) is 11.4 Å². The van der Waals surface area contributed by atoms with Crippen molar-refractivity contribution in [2.75, 3.05) is 10.6 Å². The van der Waals surface area contributed by atoms with Gasteiger partial charge >= 0.3 is 12.2 Å². The number of halogens is 4. The van der Waals surface area contributed by atoms with Crippen molar-refractivity contribution >= 4 is 17.4 Å². The summed E-state index contributed by atoms with van der Waals surface area (Å²) in [6, 6.07) is 9.89. The van der Waals surface area contributed by atoms with Gasteiger partial charge in [-0.25, -0.2) is 9.18 Å². The fraction of sp³-hybridized carbons (Fsp3) is 0.0714. The molecule has 110 valence electrons. The third-order valence-corrected chi connectivity index (χ3v) is 2.56. The maximum Gasteiger partial charge on any atom is 0.419 e. The zero-order valence-corrected chi connectivity index (χ0v) is 10.5. The van der Waals surface area contributed by atoms with Crippen molar-refractivity contribution in [3.05, 3.63) is 59.9 Å². The molecule has 0 aliphatic carbocycles. The number of alkyl halides is 3. The molecule has 0 aliphatic heterocycles. The summed E-state index contributed by atoms with van der Waals surface area (Å²) < 4.78 is 50.7. The van der Waals surface area contributed by atoms with Crippen LogP contribution in [0.25, 0.3) is 0 Å². The lowest BCUT2D eigenvalue weighted by molar-refractivity contribution is -0.139. The van der Waals surface area contributed by atoms with Crippen molar-refractivity contribution in [2.45, 2.75) is 6.18 Å². The van der Waals surface area contributed by atoms with Gasteiger partial charge in [0.05, 0.1) is 5.56 Å². The SMILES string of the molecule is O=C(Nc1ccccc1)Nc1ccc(F)c(C(F)(F)F)c1. The Kier molecular flexibility index (Phi) is 4.11. The van der Waals surface area contributed by atoms with E-state index in [4.69, 9.17) is 0 Å². The predicted octanol–water partition coefficient (Wildman–Crippen LogP) is 4.49. The predicted molar refractivity (Wildman–Crippen MR) is 70.5 cm³/mol. The smallest absolute Gasteiger partial charge is 0.308 e. The van der Waals surface area contributed by atoms with Crippen LogP contribution in [-0.2, 0) is 6.18 Å². The molecule has 0 aromatic heterocycles. The monoisotopic (exact) mass is 298 g/mol. The zero-order chi connectivity index (χ0) is 15.5. The molecule has 3 nitrogen and oxygen atoms in total. The lowest BCUT2D eigenvalue weighted by Crippen LogP contribution is -2.20. The molecular weight excluding hydrogens is 288 g/mol. The van der Waals surface area contributed by atoms with Gasteiger partial charge in [-0.2, -0.15) is 13.2 Å². The molecule has 2 aromatic rings. The van der Waals surface area contributed by atoms with E-state index in [0.717, 1.165) is 6.07 Å². The summed E-state index contributed by atoms with van der Waals surface area (Å²) in [6.45, 7) is 0. The van der Waals surface area contributed by atoms with Crippen LogP contribution in [0.15, 0.2) is 48.5 Å². The van der Waals surface area contributed by atoms with Crippen molar-refractivity contribution in [1.29, 1.82) is 0 Å². The number of nitrogens with one attached hydrogen (secondary N) is 2. The maximum absolute atomic E-state index is 13.1.